The van der Waals surface area contributed by atoms with Crippen molar-refractivity contribution in [3.8, 4) is 17.2 Å². The van der Waals surface area contributed by atoms with Crippen molar-refractivity contribution in [2.45, 2.75) is 49.0 Å². The summed E-state index contributed by atoms with van der Waals surface area (Å²) >= 11 is 0. The summed E-state index contributed by atoms with van der Waals surface area (Å²) in [4.78, 5) is 0. The second-order valence-electron chi connectivity index (χ2n) is 4.06. The highest BCUT2D eigenvalue weighted by Crippen LogP contribution is 2.30. The van der Waals surface area contributed by atoms with Gasteiger partial charge in [-0.25, -0.2) is 0 Å². The molecule has 3 nitrogen and oxygen atoms in total. The fourth-order valence-corrected chi connectivity index (χ4v) is 1.97. The number of hydrogen-bond acceptors (Lipinski definition) is 3. The van der Waals surface area contributed by atoms with Crippen LogP contribution in [0.15, 0.2) is 48.5 Å². The van der Waals surface area contributed by atoms with Crippen molar-refractivity contribution in [1.29, 1.82) is 0 Å². The molecule has 0 aromatic heterocycles. The normalized spacial score (nSPS) is 11.2. The molecule has 0 radical (unpaired) electrons. The van der Waals surface area contributed by atoms with Gasteiger partial charge in [0.05, 0.1) is 6.61 Å². The van der Waals surface area contributed by atoms with Gasteiger partial charge in [0.2, 0.25) is 6.79 Å². The minimum Gasteiger partial charge on any atom is -0.493 e. The van der Waals surface area contributed by atoms with E-state index >= 15 is 0 Å². The van der Waals surface area contributed by atoms with Crippen LogP contribution in [-0.4, -0.2) is 13.4 Å². The van der Waals surface area contributed by atoms with Crippen molar-refractivity contribution in [3.05, 3.63) is 54.1 Å². The summed E-state index contributed by atoms with van der Waals surface area (Å²) in [6, 6.07) is 15.8. The van der Waals surface area contributed by atoms with E-state index in [0.717, 1.165) is 30.3 Å². The van der Waals surface area contributed by atoms with Crippen LogP contribution in [0.3, 0.4) is 0 Å². The highest BCUT2D eigenvalue weighted by atomic mass is 16.7. The highest BCUT2D eigenvalue weighted by Gasteiger charge is 2.09. The quantitative estimate of drug-likeness (QED) is 0.561. The minimum absolute atomic E-state index is 0. The Kier molecular flexibility index (Phi) is 14.5. The largest absolute Gasteiger partial charge is 0.493 e. The predicted molar refractivity (Wildman–Crippen MR) is 104 cm³/mol. The lowest BCUT2D eigenvalue weighted by atomic mass is 10.2. The van der Waals surface area contributed by atoms with Gasteiger partial charge in [0.25, 0.3) is 0 Å². The maximum absolute atomic E-state index is 5.30. The van der Waals surface area contributed by atoms with E-state index in [4.69, 9.17) is 14.2 Å². The molecule has 0 unspecified atom stereocenters. The summed E-state index contributed by atoms with van der Waals surface area (Å²) < 4.78 is 15.5. The van der Waals surface area contributed by atoms with Gasteiger partial charge >= 0.3 is 0 Å². The van der Waals surface area contributed by atoms with E-state index < -0.39 is 0 Å². The summed E-state index contributed by atoms with van der Waals surface area (Å²) in [6.07, 6.45) is 1.08. The van der Waals surface area contributed by atoms with Crippen LogP contribution >= 0.6 is 0 Å². The lowest BCUT2D eigenvalue weighted by Crippen LogP contribution is -1.92. The first-order valence-electron chi connectivity index (χ1n) is 7.99. The zero-order valence-electron chi connectivity index (χ0n) is 14.0. The van der Waals surface area contributed by atoms with Crippen molar-refractivity contribution in [1.82, 2.24) is 0 Å². The molecule has 2 heterocycles. The van der Waals surface area contributed by atoms with Crippen LogP contribution in [0.1, 0.15) is 48.1 Å². The Morgan fingerprint density at radius 1 is 0.625 bits per heavy atom. The summed E-state index contributed by atoms with van der Waals surface area (Å²) in [7, 11) is 0. The van der Waals surface area contributed by atoms with Crippen LogP contribution in [0, 0.1) is 0 Å². The number of hydrogen-bond donors (Lipinski definition) is 0. The Morgan fingerprint density at radius 2 is 1.08 bits per heavy atom. The van der Waals surface area contributed by atoms with E-state index in [9.17, 15) is 0 Å². The third kappa shape index (κ3) is 6.95. The molecule has 0 N–H and O–H groups in total. The Hall–Kier alpha value is -2.16. The Bertz CT molecular complexity index is 443. The Labute approximate surface area is 148 Å². The highest BCUT2D eigenvalue weighted by molar-refractivity contribution is 5.40. The van der Waals surface area contributed by atoms with Crippen LogP contribution in [0.4, 0.5) is 0 Å². The molecule has 3 heteroatoms. The van der Waals surface area contributed by atoms with Gasteiger partial charge in [-0.15, -0.1) is 0 Å². The second-order valence-corrected chi connectivity index (χ2v) is 4.06. The molecule has 0 saturated heterocycles. The standard InChI is InChI=1S/C8H8O.C7H6O2.2C2H6.2CH4/c1-2-4-8-7(3-1)5-6-9-8;1-2-4-7-6(3-1)8-5-9-7;2*1-2;;/h1-4H,5-6H2;1-4H,5H2;2*1-2H3;2*1H4. The van der Waals surface area contributed by atoms with Crippen LogP contribution in [0.25, 0.3) is 0 Å². The molecule has 0 saturated carbocycles. The number of benzene rings is 2. The van der Waals surface area contributed by atoms with Crippen molar-refractivity contribution in [2.24, 2.45) is 0 Å². The van der Waals surface area contributed by atoms with Crippen LogP contribution in [0.2, 0.25) is 0 Å². The molecule has 0 atom stereocenters. The summed E-state index contributed by atoms with van der Waals surface area (Å²) in [5.74, 6) is 2.76. The van der Waals surface area contributed by atoms with Gasteiger partial charge in [-0.05, 0) is 23.8 Å². The van der Waals surface area contributed by atoms with Gasteiger partial charge in [-0.3, -0.25) is 0 Å². The molecule has 2 aromatic carbocycles. The van der Waals surface area contributed by atoms with Crippen molar-refractivity contribution in [3.63, 3.8) is 0 Å². The molecular weight excluding hydrogens is 300 g/mol. The van der Waals surface area contributed by atoms with Gasteiger partial charge in [0.1, 0.15) is 5.75 Å². The molecule has 0 aliphatic carbocycles. The molecular formula is C21H34O3. The van der Waals surface area contributed by atoms with Crippen molar-refractivity contribution < 1.29 is 14.2 Å². The number of para-hydroxylation sites is 3. The fraction of sp³-hybridized carbons (Fsp3) is 0.429. The maximum Gasteiger partial charge on any atom is 0.231 e. The second kappa shape index (κ2) is 14.4. The maximum atomic E-state index is 5.30. The predicted octanol–water partition coefficient (Wildman–Crippen LogP) is 6.36. The number of ether oxygens (including phenoxy) is 3. The molecule has 2 aromatic rings. The van der Waals surface area contributed by atoms with Gasteiger partial charge in [0.15, 0.2) is 11.5 Å². The Morgan fingerprint density at radius 3 is 1.58 bits per heavy atom. The topological polar surface area (TPSA) is 27.7 Å². The molecule has 2 aliphatic rings. The van der Waals surface area contributed by atoms with E-state index in [1.807, 2.05) is 70.2 Å². The monoisotopic (exact) mass is 334 g/mol. The summed E-state index contributed by atoms with van der Waals surface area (Å²) in [6.45, 7) is 9.22. The number of fused-ring (bicyclic) bond motifs is 2. The zero-order valence-corrected chi connectivity index (χ0v) is 14.0. The van der Waals surface area contributed by atoms with Crippen LogP contribution in [0.5, 0.6) is 17.2 Å². The first-order valence-corrected chi connectivity index (χ1v) is 7.99. The molecule has 24 heavy (non-hydrogen) atoms. The molecule has 0 fully saturated rings. The van der Waals surface area contributed by atoms with E-state index in [1.54, 1.807) is 0 Å². The first kappa shape index (κ1) is 24.1. The van der Waals surface area contributed by atoms with Gasteiger partial charge in [-0.1, -0.05) is 72.9 Å². The average molecular weight is 335 g/mol. The summed E-state index contributed by atoms with van der Waals surface area (Å²) in [5, 5.41) is 0. The van der Waals surface area contributed by atoms with Gasteiger partial charge in [-0.2, -0.15) is 0 Å². The summed E-state index contributed by atoms with van der Waals surface area (Å²) in [5.41, 5.74) is 1.34. The molecule has 0 amide bonds. The van der Waals surface area contributed by atoms with Gasteiger partial charge < -0.3 is 14.2 Å². The van der Waals surface area contributed by atoms with Crippen LogP contribution < -0.4 is 14.2 Å². The molecule has 2 aliphatic heterocycles. The zero-order chi connectivity index (χ0) is 16.2. The lowest BCUT2D eigenvalue weighted by Gasteiger charge is -1.93. The molecule has 136 valence electrons. The molecule has 0 spiro atoms. The third-order valence-corrected chi connectivity index (χ3v) is 2.88. The lowest BCUT2D eigenvalue weighted by molar-refractivity contribution is 0.174. The SMILES string of the molecule is C.C.CC.CC.c1ccc2c(c1)CCO2.c1ccc2c(c1)OCO2. The van der Waals surface area contributed by atoms with E-state index in [0.29, 0.717) is 6.79 Å². The smallest absolute Gasteiger partial charge is 0.231 e. The number of rotatable bonds is 0. The molecule has 4 rings (SSSR count). The van der Waals surface area contributed by atoms with E-state index in [1.165, 1.54) is 5.56 Å². The van der Waals surface area contributed by atoms with Crippen LogP contribution in [-0.2, 0) is 6.42 Å². The van der Waals surface area contributed by atoms with Crippen molar-refractivity contribution >= 4 is 0 Å². The fourth-order valence-electron chi connectivity index (χ4n) is 1.97. The van der Waals surface area contributed by atoms with Crippen molar-refractivity contribution in [2.75, 3.05) is 13.4 Å². The van der Waals surface area contributed by atoms with E-state index in [2.05, 4.69) is 6.07 Å². The first-order chi connectivity index (χ1) is 10.9. The molecule has 0 bridgehead atoms. The third-order valence-electron chi connectivity index (χ3n) is 2.88. The Balaban J connectivity index is 0. The average Bonchev–Trinajstić information content (AvgIpc) is 3.28. The van der Waals surface area contributed by atoms with Gasteiger partial charge in [0, 0.05) is 6.42 Å². The minimum atomic E-state index is 0. The van der Waals surface area contributed by atoms with E-state index in [-0.39, 0.29) is 14.9 Å².